The second-order valence-corrected chi connectivity index (χ2v) is 8.54. The zero-order valence-corrected chi connectivity index (χ0v) is 18.4. The first-order valence-electron chi connectivity index (χ1n) is 11.2. The van der Waals surface area contributed by atoms with Crippen LogP contribution in [0.1, 0.15) is 111 Å². The van der Waals surface area contributed by atoms with E-state index in [9.17, 15) is 9.90 Å². The van der Waals surface area contributed by atoms with Gasteiger partial charge in [-0.05, 0) is 33.6 Å². The summed E-state index contributed by atoms with van der Waals surface area (Å²) in [6.07, 6.45) is 20.6. The molecule has 0 aliphatic heterocycles. The highest BCUT2D eigenvalue weighted by Crippen LogP contribution is 2.12. The van der Waals surface area contributed by atoms with E-state index < -0.39 is 11.7 Å². The lowest BCUT2D eigenvalue weighted by Gasteiger charge is -2.21. The fourth-order valence-corrected chi connectivity index (χ4v) is 2.98. The number of unbranched alkanes of at least 4 members (excludes halogenated alkanes) is 12. The molecular weight excluding hydrogens is 338 g/mol. The molecule has 4 heteroatoms. The summed E-state index contributed by atoms with van der Waals surface area (Å²) in [7, 11) is 0. The number of hydrogen-bond acceptors (Lipinski definition) is 3. The molecule has 1 atom stereocenters. The topological polar surface area (TPSA) is 58.6 Å². The summed E-state index contributed by atoms with van der Waals surface area (Å²) in [5.74, 6) is 0. The number of aliphatic hydroxyl groups is 1. The highest BCUT2D eigenvalue weighted by atomic mass is 16.6. The van der Waals surface area contributed by atoms with E-state index in [2.05, 4.69) is 18.3 Å². The van der Waals surface area contributed by atoms with Gasteiger partial charge in [0.2, 0.25) is 0 Å². The highest BCUT2D eigenvalue weighted by Gasteiger charge is 2.17. The van der Waals surface area contributed by atoms with E-state index in [0.717, 1.165) is 12.8 Å². The summed E-state index contributed by atoms with van der Waals surface area (Å²) in [5.41, 5.74) is -0.525. The zero-order chi connectivity index (χ0) is 20.4. The van der Waals surface area contributed by atoms with Crippen molar-refractivity contribution in [3.8, 4) is 0 Å². The van der Waals surface area contributed by atoms with Crippen LogP contribution in [0.5, 0.6) is 0 Å². The molecule has 0 aromatic carbocycles. The summed E-state index contributed by atoms with van der Waals surface area (Å²) >= 11 is 0. The summed E-state index contributed by atoms with van der Waals surface area (Å²) in [6, 6.07) is -0.378. The normalized spacial score (nSPS) is 13.1. The molecule has 2 N–H and O–H groups in total. The van der Waals surface area contributed by atoms with Crippen molar-refractivity contribution in [1.82, 2.24) is 5.32 Å². The number of alkyl carbamates (subject to hydrolysis) is 1. The number of carbonyl (C=O) groups is 1. The summed E-state index contributed by atoms with van der Waals surface area (Å²) < 4.78 is 5.20. The summed E-state index contributed by atoms with van der Waals surface area (Å²) in [4.78, 5) is 11.7. The van der Waals surface area contributed by atoms with E-state index in [4.69, 9.17) is 4.74 Å². The maximum absolute atomic E-state index is 11.7. The Morgan fingerprint density at radius 2 is 1.41 bits per heavy atom. The van der Waals surface area contributed by atoms with Gasteiger partial charge >= 0.3 is 6.09 Å². The molecule has 0 aliphatic rings. The molecule has 0 spiro atoms. The Morgan fingerprint density at radius 3 is 1.85 bits per heavy atom. The Bertz CT molecular complexity index is 374. The van der Waals surface area contributed by atoms with Crippen LogP contribution in [0.25, 0.3) is 0 Å². The number of ether oxygens (including phenoxy) is 1. The van der Waals surface area contributed by atoms with Gasteiger partial charge in [-0.3, -0.25) is 0 Å². The minimum Gasteiger partial charge on any atom is -0.444 e. The van der Waals surface area contributed by atoms with Gasteiger partial charge in [0.05, 0.1) is 12.6 Å². The fourth-order valence-electron chi connectivity index (χ4n) is 2.98. The molecule has 0 rings (SSSR count). The predicted octanol–water partition coefficient (Wildman–Crippen LogP) is 6.52. The van der Waals surface area contributed by atoms with Crippen molar-refractivity contribution in [3.05, 3.63) is 12.2 Å². The van der Waals surface area contributed by atoms with Gasteiger partial charge in [0.25, 0.3) is 0 Å². The van der Waals surface area contributed by atoms with Crippen LogP contribution in [-0.4, -0.2) is 29.4 Å². The van der Waals surface area contributed by atoms with Crippen molar-refractivity contribution in [1.29, 1.82) is 0 Å². The van der Waals surface area contributed by atoms with Crippen molar-refractivity contribution in [2.75, 3.05) is 6.61 Å². The Balaban J connectivity index is 3.55. The monoisotopic (exact) mass is 383 g/mol. The number of amides is 1. The van der Waals surface area contributed by atoms with E-state index in [-0.39, 0.29) is 12.6 Å². The van der Waals surface area contributed by atoms with Crippen LogP contribution >= 0.6 is 0 Å². The standard InChI is InChI=1S/C23H45NO3/c1-5-6-7-8-9-10-11-12-13-14-15-16-17-18-19-21(20-25)24-22(26)27-23(2,3)4/h18-19,21,25H,5-17,20H2,1-4H3,(H,24,26)/b19-18+/t21-/m1/s1. The second kappa shape index (κ2) is 17.1. The van der Waals surface area contributed by atoms with Gasteiger partial charge in [-0.25, -0.2) is 4.79 Å². The van der Waals surface area contributed by atoms with Gasteiger partial charge in [-0.2, -0.15) is 0 Å². The molecule has 0 unspecified atom stereocenters. The Hall–Kier alpha value is -1.03. The van der Waals surface area contributed by atoms with Crippen molar-refractivity contribution in [2.24, 2.45) is 0 Å². The zero-order valence-electron chi connectivity index (χ0n) is 18.4. The highest BCUT2D eigenvalue weighted by molar-refractivity contribution is 5.68. The van der Waals surface area contributed by atoms with Crippen LogP contribution in [-0.2, 0) is 4.74 Å². The van der Waals surface area contributed by atoms with Crippen LogP contribution in [0.2, 0.25) is 0 Å². The van der Waals surface area contributed by atoms with Crippen molar-refractivity contribution in [3.63, 3.8) is 0 Å². The maximum Gasteiger partial charge on any atom is 0.408 e. The molecule has 0 bridgehead atoms. The largest absolute Gasteiger partial charge is 0.444 e. The van der Waals surface area contributed by atoms with Gasteiger partial charge in [0.15, 0.2) is 0 Å². The molecule has 0 aliphatic carbocycles. The molecule has 0 aromatic heterocycles. The third-order valence-corrected chi connectivity index (χ3v) is 4.49. The first kappa shape index (κ1) is 26.0. The van der Waals surface area contributed by atoms with Crippen LogP contribution in [0.4, 0.5) is 4.79 Å². The smallest absolute Gasteiger partial charge is 0.408 e. The second-order valence-electron chi connectivity index (χ2n) is 8.54. The minimum absolute atomic E-state index is 0.117. The predicted molar refractivity (Wildman–Crippen MR) is 115 cm³/mol. The average Bonchev–Trinajstić information content (AvgIpc) is 2.59. The summed E-state index contributed by atoms with van der Waals surface area (Å²) in [5, 5.41) is 12.0. The molecule has 160 valence electrons. The molecule has 0 saturated carbocycles. The number of rotatable bonds is 16. The molecule has 4 nitrogen and oxygen atoms in total. The van der Waals surface area contributed by atoms with Crippen LogP contribution < -0.4 is 5.32 Å². The van der Waals surface area contributed by atoms with Crippen molar-refractivity contribution < 1.29 is 14.6 Å². The molecule has 0 radical (unpaired) electrons. The molecular formula is C23H45NO3. The van der Waals surface area contributed by atoms with Crippen LogP contribution in [0.3, 0.4) is 0 Å². The van der Waals surface area contributed by atoms with E-state index in [1.165, 1.54) is 70.6 Å². The fraction of sp³-hybridized carbons (Fsp3) is 0.870. The van der Waals surface area contributed by atoms with Gasteiger partial charge in [-0.1, -0.05) is 89.7 Å². The lowest BCUT2D eigenvalue weighted by molar-refractivity contribution is 0.0498. The quantitative estimate of drug-likeness (QED) is 0.236. The summed E-state index contributed by atoms with van der Waals surface area (Å²) in [6.45, 7) is 7.62. The van der Waals surface area contributed by atoms with Gasteiger partial charge in [-0.15, -0.1) is 0 Å². The van der Waals surface area contributed by atoms with E-state index in [1.807, 2.05) is 26.8 Å². The SMILES string of the molecule is CCCCCCCCCCCCCC/C=C/[C@H](CO)NC(=O)OC(C)(C)C. The van der Waals surface area contributed by atoms with Crippen molar-refractivity contribution >= 4 is 6.09 Å². The lowest BCUT2D eigenvalue weighted by Crippen LogP contribution is -2.39. The maximum atomic E-state index is 11.7. The van der Waals surface area contributed by atoms with Gasteiger partial charge in [0.1, 0.15) is 5.60 Å². The number of carbonyl (C=O) groups excluding carboxylic acids is 1. The number of hydrogen-bond donors (Lipinski definition) is 2. The van der Waals surface area contributed by atoms with Gasteiger partial charge < -0.3 is 15.2 Å². The molecule has 27 heavy (non-hydrogen) atoms. The number of nitrogens with one attached hydrogen (secondary N) is 1. The number of allylic oxidation sites excluding steroid dienone is 1. The van der Waals surface area contributed by atoms with E-state index in [0.29, 0.717) is 0 Å². The molecule has 0 fully saturated rings. The third kappa shape index (κ3) is 19.5. The minimum atomic E-state index is -0.525. The Labute approximate surface area is 168 Å². The van der Waals surface area contributed by atoms with Crippen molar-refractivity contribution in [2.45, 2.75) is 123 Å². The molecule has 0 saturated heterocycles. The lowest BCUT2D eigenvalue weighted by atomic mass is 10.0. The molecule has 0 aromatic rings. The molecule has 0 heterocycles. The number of aliphatic hydroxyl groups excluding tert-OH is 1. The average molecular weight is 384 g/mol. The first-order chi connectivity index (χ1) is 12.9. The van der Waals surface area contributed by atoms with Crippen LogP contribution in [0, 0.1) is 0 Å². The van der Waals surface area contributed by atoms with Gasteiger partial charge in [0, 0.05) is 0 Å². The van der Waals surface area contributed by atoms with Crippen LogP contribution in [0.15, 0.2) is 12.2 Å². The first-order valence-corrected chi connectivity index (χ1v) is 11.2. The third-order valence-electron chi connectivity index (χ3n) is 4.49. The van der Waals surface area contributed by atoms with E-state index >= 15 is 0 Å². The Kier molecular flexibility index (Phi) is 16.4. The molecule has 1 amide bonds. The Morgan fingerprint density at radius 1 is 0.926 bits per heavy atom. The van der Waals surface area contributed by atoms with E-state index in [1.54, 1.807) is 0 Å².